The van der Waals surface area contributed by atoms with E-state index in [1.807, 2.05) is 4.91 Å². The number of nitrogens with zero attached hydrogens (tertiary/aromatic N) is 3. The van der Waals surface area contributed by atoms with Gasteiger partial charge in [-0.2, -0.15) is 8.42 Å². The summed E-state index contributed by atoms with van der Waals surface area (Å²) < 4.78 is 52.2. The quantitative estimate of drug-likeness (QED) is 0.191. The summed E-state index contributed by atoms with van der Waals surface area (Å²) in [6, 6.07) is 0. The van der Waals surface area contributed by atoms with E-state index in [9.17, 15) is 8.76 Å². The lowest BCUT2D eigenvalue weighted by Crippen LogP contribution is -1.89. The maximum absolute atomic E-state index is 9.18. The largest absolute Gasteiger partial charge is 0.767 e. The van der Waals surface area contributed by atoms with Gasteiger partial charge < -0.3 is 4.55 Å². The molecule has 0 amide bonds. The molecule has 0 rings (SSSR count). The third-order valence-electron chi connectivity index (χ3n) is 0.103. The topological polar surface area (TPSA) is 163 Å². The third-order valence-corrected chi connectivity index (χ3v) is 0.310. The number of hydrogen-bond acceptors (Lipinski definition) is 4. The van der Waals surface area contributed by atoms with Gasteiger partial charge in [-0.25, -0.2) is 0 Å². The molecule has 11 heteroatoms. The van der Waals surface area contributed by atoms with Crippen LogP contribution in [0, 0.1) is 0 Å². The average molecular weight is 204 g/mol. The van der Waals surface area contributed by atoms with Gasteiger partial charge in [0.25, 0.3) is 0 Å². The fourth-order valence-electron chi connectivity index (χ4n) is 0.0298. The van der Waals surface area contributed by atoms with Gasteiger partial charge in [0.05, 0.1) is 0 Å². The lowest BCUT2D eigenvalue weighted by Gasteiger charge is -1.85. The van der Waals surface area contributed by atoms with Gasteiger partial charge in [-0.1, -0.05) is 0 Å². The Kier molecular flexibility index (Phi) is 7.08. The molecule has 0 bridgehead atoms. The van der Waals surface area contributed by atoms with Crippen LogP contribution in [0.1, 0.15) is 0 Å². The van der Waals surface area contributed by atoms with Crippen LogP contribution in [-0.2, 0) is 21.7 Å². The highest BCUT2D eigenvalue weighted by atomic mass is 32.3. The fourth-order valence-corrected chi connectivity index (χ4v) is 0.0894. The molecule has 2 N–H and O–H groups in total. The number of hydrogen-bond donors (Lipinski definition) is 2. The highest BCUT2D eigenvalue weighted by Gasteiger charge is 1.84. The Labute approximate surface area is 63.7 Å². The molecule has 9 nitrogen and oxygen atoms in total. The van der Waals surface area contributed by atoms with Crippen LogP contribution in [0.3, 0.4) is 0 Å². The van der Waals surface area contributed by atoms with E-state index >= 15 is 0 Å². The predicted octanol–water partition coefficient (Wildman–Crippen LogP) is -0.562. The first kappa shape index (κ1) is 12.9. The molecule has 66 valence electrons. The van der Waals surface area contributed by atoms with Crippen LogP contribution in [0.25, 0.3) is 10.4 Å². The first-order valence-corrected chi connectivity index (χ1v) is 4.04. The lowest BCUT2D eigenvalue weighted by atomic mass is 13.0. The Morgan fingerprint density at radius 1 is 1.55 bits per heavy atom. The standard InChI is InChI=1S/HN3O2S.H2O4S/c1-2-3-6(4)5;1-5(2,3)4/h(H,4,5);(H2,1,2,3,4)/p-1. The normalized spacial score (nSPS) is 11.9. The summed E-state index contributed by atoms with van der Waals surface area (Å²) in [5.41, 5.74) is 7.30. The monoisotopic (exact) mass is 204 g/mol. The van der Waals surface area contributed by atoms with Gasteiger partial charge in [0.15, 0.2) is 0 Å². The van der Waals surface area contributed by atoms with E-state index in [0.29, 0.717) is 0 Å². The molecule has 0 aromatic heterocycles. The van der Waals surface area contributed by atoms with Crippen molar-refractivity contribution in [1.82, 2.24) is 0 Å². The minimum absolute atomic E-state index is 1.95. The van der Waals surface area contributed by atoms with Gasteiger partial charge in [-0.15, -0.1) is 0 Å². The summed E-state index contributed by atoms with van der Waals surface area (Å²) in [5.74, 6) is 0. The molecule has 0 spiro atoms. The molecule has 1 atom stereocenters. The minimum atomic E-state index is -4.67. The molecule has 0 aromatic carbocycles. The van der Waals surface area contributed by atoms with Crippen LogP contribution < -0.4 is 0 Å². The zero-order valence-corrected chi connectivity index (χ0v) is 6.32. The highest BCUT2D eigenvalue weighted by Crippen LogP contribution is 1.70. The van der Waals surface area contributed by atoms with Crippen LogP contribution in [-0.4, -0.2) is 26.3 Å². The fraction of sp³-hybridized carbons (Fsp3) is 0. The van der Waals surface area contributed by atoms with E-state index in [-0.39, 0.29) is 0 Å². The van der Waals surface area contributed by atoms with Crippen LogP contribution >= 0.6 is 0 Å². The minimum Gasteiger partial charge on any atom is -0.767 e. The van der Waals surface area contributed by atoms with Crippen molar-refractivity contribution in [3.05, 3.63) is 10.4 Å². The molecule has 0 aliphatic rings. The summed E-state index contributed by atoms with van der Waals surface area (Å²) >= 11 is -2.61. The lowest BCUT2D eigenvalue weighted by molar-refractivity contribution is 0.381. The maximum Gasteiger partial charge on any atom is 0.394 e. The second-order valence-electron chi connectivity index (χ2n) is 0.836. The molecule has 0 heterocycles. The van der Waals surface area contributed by atoms with Crippen molar-refractivity contribution < 1.29 is 26.3 Å². The summed E-state index contributed by atoms with van der Waals surface area (Å²) in [5, 5.41) is 0. The maximum atomic E-state index is 9.18. The van der Waals surface area contributed by atoms with Crippen molar-refractivity contribution in [1.29, 1.82) is 0 Å². The van der Waals surface area contributed by atoms with E-state index in [1.165, 1.54) is 0 Å². The average Bonchev–Trinajstić information content (AvgIpc) is 1.58. The van der Waals surface area contributed by atoms with Crippen molar-refractivity contribution in [3.8, 4) is 0 Å². The summed E-state index contributed by atoms with van der Waals surface area (Å²) in [6.45, 7) is 0. The summed E-state index contributed by atoms with van der Waals surface area (Å²) in [7, 11) is -4.67. The van der Waals surface area contributed by atoms with E-state index in [2.05, 4.69) is 4.52 Å². The molecule has 0 saturated heterocycles. The molecular weight excluding hydrogens is 202 g/mol. The zero-order valence-electron chi connectivity index (χ0n) is 4.69. The highest BCUT2D eigenvalue weighted by molar-refractivity contribution is 7.79. The van der Waals surface area contributed by atoms with Gasteiger partial charge in [0, 0.05) is 16.2 Å². The second kappa shape index (κ2) is 6.03. The van der Waals surface area contributed by atoms with Crippen LogP contribution in [0.4, 0.5) is 0 Å². The molecule has 0 aliphatic carbocycles. The summed E-state index contributed by atoms with van der Waals surface area (Å²) in [6.07, 6.45) is 0. The van der Waals surface area contributed by atoms with Gasteiger partial charge in [-0.3, -0.25) is 13.3 Å². The number of rotatable bonds is 1. The Balaban J connectivity index is 0. The van der Waals surface area contributed by atoms with Crippen molar-refractivity contribution >= 4 is 21.7 Å². The van der Waals surface area contributed by atoms with Gasteiger partial charge in [-0.05, 0) is 10.1 Å². The first-order valence-electron chi connectivity index (χ1n) is 1.61. The second-order valence-corrected chi connectivity index (χ2v) is 2.33. The van der Waals surface area contributed by atoms with Crippen molar-refractivity contribution in [3.63, 3.8) is 0 Å². The third kappa shape index (κ3) is 94.1. The Morgan fingerprint density at radius 3 is 1.82 bits per heavy atom. The van der Waals surface area contributed by atoms with Crippen LogP contribution in [0.15, 0.2) is 4.52 Å². The van der Waals surface area contributed by atoms with Crippen molar-refractivity contribution in [2.45, 2.75) is 0 Å². The Hall–Kier alpha value is -0.710. The van der Waals surface area contributed by atoms with Crippen molar-refractivity contribution in [2.75, 3.05) is 0 Å². The van der Waals surface area contributed by atoms with E-state index in [4.69, 9.17) is 23.1 Å². The number of azide groups is 1. The van der Waals surface area contributed by atoms with E-state index in [0.717, 1.165) is 0 Å². The predicted molar refractivity (Wildman–Crippen MR) is 32.2 cm³/mol. The Morgan fingerprint density at radius 2 is 1.82 bits per heavy atom. The molecule has 0 aromatic rings. The molecule has 11 heavy (non-hydrogen) atoms. The van der Waals surface area contributed by atoms with Crippen molar-refractivity contribution in [2.24, 2.45) is 4.52 Å². The van der Waals surface area contributed by atoms with Gasteiger partial charge in [0.1, 0.15) is 0 Å². The smallest absolute Gasteiger partial charge is 0.394 e. The first-order chi connectivity index (χ1) is 4.77. The Bertz CT molecular complexity index is 250. The van der Waals surface area contributed by atoms with E-state index < -0.39 is 21.7 Å². The molecule has 0 saturated carbocycles. The van der Waals surface area contributed by atoms with Crippen LogP contribution in [0.5, 0.6) is 0 Å². The van der Waals surface area contributed by atoms with Gasteiger partial charge in [0.2, 0.25) is 0 Å². The molecule has 0 radical (unpaired) electrons. The molecule has 0 aliphatic heterocycles. The SMILES string of the molecule is O=S(=O)(O)O.[N-]=[N+]=NS(=O)[O-]. The van der Waals surface area contributed by atoms with E-state index in [1.54, 1.807) is 0 Å². The summed E-state index contributed by atoms with van der Waals surface area (Å²) in [4.78, 5) is 1.95. The zero-order chi connectivity index (χ0) is 9.49. The molecule has 1 unspecified atom stereocenters. The molecule has 0 fully saturated rings. The molecular formula is H2N3O6S2-. The van der Waals surface area contributed by atoms with Crippen LogP contribution in [0.2, 0.25) is 0 Å². The van der Waals surface area contributed by atoms with Gasteiger partial charge >= 0.3 is 10.4 Å².